The van der Waals surface area contributed by atoms with Gasteiger partial charge in [0.15, 0.2) is 0 Å². The van der Waals surface area contributed by atoms with Crippen LogP contribution in [0.15, 0.2) is 0 Å². The van der Waals surface area contributed by atoms with Gasteiger partial charge in [-0.25, -0.2) is 4.79 Å². The Kier molecular flexibility index (Phi) is 6.29. The summed E-state index contributed by atoms with van der Waals surface area (Å²) in [5.41, 5.74) is 0. The minimum atomic E-state index is -0.214. The van der Waals surface area contributed by atoms with Crippen molar-refractivity contribution in [2.75, 3.05) is 52.9 Å². The maximum absolute atomic E-state index is 11.6. The average molecular weight is 243 g/mol. The summed E-state index contributed by atoms with van der Waals surface area (Å²) >= 11 is 0. The van der Waals surface area contributed by atoms with Crippen molar-refractivity contribution in [2.24, 2.45) is 5.92 Å². The number of carbonyl (C=O) groups excluding carboxylic acids is 1. The van der Waals surface area contributed by atoms with E-state index in [2.05, 4.69) is 10.2 Å². The summed E-state index contributed by atoms with van der Waals surface area (Å²) < 4.78 is 5.16. The number of ether oxygens (including phenoxy) is 1. The number of likely N-dealkylation sites (N-methyl/N-ethyl adjacent to an activating group) is 1. The summed E-state index contributed by atoms with van der Waals surface area (Å²) in [4.78, 5) is 15.6. The van der Waals surface area contributed by atoms with Crippen LogP contribution in [0.25, 0.3) is 0 Å². The Balaban J connectivity index is 2.14. The van der Waals surface area contributed by atoms with Gasteiger partial charge in [0.05, 0.1) is 6.61 Å². The Bertz CT molecular complexity index is 228. The maximum Gasteiger partial charge on any atom is 0.409 e. The average Bonchev–Trinajstić information content (AvgIpc) is 2.34. The first-order valence-corrected chi connectivity index (χ1v) is 6.40. The molecule has 5 nitrogen and oxygen atoms in total. The van der Waals surface area contributed by atoms with Gasteiger partial charge in [-0.15, -0.1) is 0 Å². The van der Waals surface area contributed by atoms with Gasteiger partial charge in [0.25, 0.3) is 0 Å². The number of nitrogens with zero attached hydrogens (tertiary/aromatic N) is 2. The van der Waals surface area contributed by atoms with E-state index >= 15 is 0 Å². The second kappa shape index (κ2) is 7.50. The van der Waals surface area contributed by atoms with Crippen LogP contribution in [0.5, 0.6) is 0 Å². The summed E-state index contributed by atoms with van der Waals surface area (Å²) in [7, 11) is 1.80. The molecule has 17 heavy (non-hydrogen) atoms. The molecule has 1 aliphatic heterocycles. The third kappa shape index (κ3) is 5.89. The van der Waals surface area contributed by atoms with Gasteiger partial charge in [-0.3, -0.25) is 4.90 Å². The van der Waals surface area contributed by atoms with Gasteiger partial charge < -0.3 is 15.0 Å². The SMILES string of the molecule is CC(C)COC(=O)N(C)CCN1CCNCC1. The lowest BCUT2D eigenvalue weighted by atomic mass is 10.2. The zero-order valence-corrected chi connectivity index (χ0v) is 11.2. The number of nitrogens with one attached hydrogen (secondary N) is 1. The molecule has 0 aromatic carbocycles. The van der Waals surface area contributed by atoms with Crippen molar-refractivity contribution in [1.82, 2.24) is 15.1 Å². The number of piperazine rings is 1. The lowest BCUT2D eigenvalue weighted by Gasteiger charge is -2.28. The summed E-state index contributed by atoms with van der Waals surface area (Å²) in [5, 5.41) is 3.31. The molecule has 0 aromatic rings. The Morgan fingerprint density at radius 3 is 2.65 bits per heavy atom. The molecule has 100 valence electrons. The van der Waals surface area contributed by atoms with Crippen LogP contribution >= 0.6 is 0 Å². The highest BCUT2D eigenvalue weighted by molar-refractivity contribution is 5.67. The third-order valence-corrected chi connectivity index (χ3v) is 2.81. The topological polar surface area (TPSA) is 44.8 Å². The largest absolute Gasteiger partial charge is 0.449 e. The molecule has 0 spiro atoms. The molecule has 0 saturated carbocycles. The van der Waals surface area contributed by atoms with E-state index in [1.165, 1.54) is 0 Å². The van der Waals surface area contributed by atoms with E-state index < -0.39 is 0 Å². The van der Waals surface area contributed by atoms with E-state index in [1.54, 1.807) is 11.9 Å². The maximum atomic E-state index is 11.6. The molecule has 1 saturated heterocycles. The summed E-state index contributed by atoms with van der Waals surface area (Å²) in [6, 6.07) is 0. The molecule has 0 aliphatic carbocycles. The number of rotatable bonds is 5. The first-order valence-electron chi connectivity index (χ1n) is 6.40. The molecule has 5 heteroatoms. The van der Waals surface area contributed by atoms with E-state index in [4.69, 9.17) is 4.74 Å². The molecular formula is C12H25N3O2. The van der Waals surface area contributed by atoms with Crippen LogP contribution in [-0.4, -0.2) is 68.8 Å². The fraction of sp³-hybridized carbons (Fsp3) is 0.917. The predicted octanol–water partition coefficient (Wildman–Crippen LogP) is 0.616. The van der Waals surface area contributed by atoms with Crippen LogP contribution in [0, 0.1) is 5.92 Å². The molecular weight excluding hydrogens is 218 g/mol. The fourth-order valence-electron chi connectivity index (χ4n) is 1.67. The van der Waals surface area contributed by atoms with E-state index in [9.17, 15) is 4.79 Å². The van der Waals surface area contributed by atoms with Crippen LogP contribution in [0.2, 0.25) is 0 Å². The first kappa shape index (κ1) is 14.3. The monoisotopic (exact) mass is 243 g/mol. The van der Waals surface area contributed by atoms with Gasteiger partial charge in [-0.2, -0.15) is 0 Å². The van der Waals surface area contributed by atoms with Gasteiger partial charge in [-0.05, 0) is 5.92 Å². The molecule has 1 heterocycles. The summed E-state index contributed by atoms with van der Waals surface area (Å²) in [6.45, 7) is 10.4. The second-order valence-electron chi connectivity index (χ2n) is 4.98. The molecule has 0 aromatic heterocycles. The van der Waals surface area contributed by atoms with E-state index in [0.717, 1.165) is 39.3 Å². The van der Waals surface area contributed by atoms with Gasteiger partial charge in [0, 0.05) is 46.3 Å². The Morgan fingerprint density at radius 2 is 2.06 bits per heavy atom. The number of hydrogen-bond donors (Lipinski definition) is 1. The minimum Gasteiger partial charge on any atom is -0.449 e. The number of carbonyl (C=O) groups is 1. The van der Waals surface area contributed by atoms with E-state index in [1.807, 2.05) is 13.8 Å². The highest BCUT2D eigenvalue weighted by Gasteiger charge is 2.14. The highest BCUT2D eigenvalue weighted by Crippen LogP contribution is 1.98. The van der Waals surface area contributed by atoms with Crippen molar-refractivity contribution in [3.8, 4) is 0 Å². The van der Waals surface area contributed by atoms with Crippen molar-refractivity contribution >= 4 is 6.09 Å². The lowest BCUT2D eigenvalue weighted by Crippen LogP contribution is -2.46. The van der Waals surface area contributed by atoms with Crippen LogP contribution in [0.1, 0.15) is 13.8 Å². The Labute approximate surface area is 104 Å². The molecule has 1 N–H and O–H groups in total. The molecule has 0 unspecified atom stereocenters. The minimum absolute atomic E-state index is 0.214. The molecule has 1 aliphatic rings. The molecule has 0 radical (unpaired) electrons. The highest BCUT2D eigenvalue weighted by atomic mass is 16.6. The van der Waals surface area contributed by atoms with Gasteiger partial charge >= 0.3 is 6.09 Å². The standard InChI is InChI=1S/C12H25N3O2/c1-11(2)10-17-12(16)14(3)8-9-15-6-4-13-5-7-15/h11,13H,4-10H2,1-3H3. The van der Waals surface area contributed by atoms with Crippen molar-refractivity contribution in [3.63, 3.8) is 0 Å². The van der Waals surface area contributed by atoms with Crippen LogP contribution in [-0.2, 0) is 4.74 Å². The zero-order valence-electron chi connectivity index (χ0n) is 11.2. The predicted molar refractivity (Wildman–Crippen MR) is 68.1 cm³/mol. The van der Waals surface area contributed by atoms with E-state index in [0.29, 0.717) is 12.5 Å². The van der Waals surface area contributed by atoms with Crippen molar-refractivity contribution < 1.29 is 9.53 Å². The molecule has 1 rings (SSSR count). The molecule has 1 amide bonds. The Morgan fingerprint density at radius 1 is 1.41 bits per heavy atom. The van der Waals surface area contributed by atoms with Crippen LogP contribution in [0.3, 0.4) is 0 Å². The van der Waals surface area contributed by atoms with Crippen LogP contribution in [0.4, 0.5) is 4.79 Å². The van der Waals surface area contributed by atoms with Gasteiger partial charge in [0.1, 0.15) is 0 Å². The first-order chi connectivity index (χ1) is 8.09. The van der Waals surface area contributed by atoms with Crippen molar-refractivity contribution in [1.29, 1.82) is 0 Å². The molecule has 0 bridgehead atoms. The normalized spacial score (nSPS) is 17.2. The van der Waals surface area contributed by atoms with Crippen molar-refractivity contribution in [3.05, 3.63) is 0 Å². The van der Waals surface area contributed by atoms with Gasteiger partial charge in [-0.1, -0.05) is 13.8 Å². The van der Waals surface area contributed by atoms with Crippen LogP contribution < -0.4 is 5.32 Å². The molecule has 0 atom stereocenters. The fourth-order valence-corrected chi connectivity index (χ4v) is 1.67. The molecule has 1 fully saturated rings. The second-order valence-corrected chi connectivity index (χ2v) is 4.98. The smallest absolute Gasteiger partial charge is 0.409 e. The van der Waals surface area contributed by atoms with Gasteiger partial charge in [0.2, 0.25) is 0 Å². The Hall–Kier alpha value is -0.810. The van der Waals surface area contributed by atoms with E-state index in [-0.39, 0.29) is 6.09 Å². The lowest BCUT2D eigenvalue weighted by molar-refractivity contribution is 0.0952. The third-order valence-electron chi connectivity index (χ3n) is 2.81. The summed E-state index contributed by atoms with van der Waals surface area (Å²) in [6.07, 6.45) is -0.214. The summed E-state index contributed by atoms with van der Waals surface area (Å²) in [5.74, 6) is 0.389. The van der Waals surface area contributed by atoms with Crippen molar-refractivity contribution in [2.45, 2.75) is 13.8 Å². The number of hydrogen-bond acceptors (Lipinski definition) is 4. The zero-order chi connectivity index (χ0) is 12.7. The quantitative estimate of drug-likeness (QED) is 0.769. The number of amides is 1.